The van der Waals surface area contributed by atoms with Crippen LogP contribution in [0.15, 0.2) is 29.2 Å². The van der Waals surface area contributed by atoms with E-state index >= 15 is 0 Å². The molecule has 0 radical (unpaired) electrons. The van der Waals surface area contributed by atoms with E-state index in [-0.39, 0.29) is 13.1 Å². The zero-order valence-electron chi connectivity index (χ0n) is 13.5. The highest BCUT2D eigenvalue weighted by Crippen LogP contribution is 2.36. The Morgan fingerprint density at radius 2 is 1.80 bits per heavy atom. The Balaban J connectivity index is 2.40. The lowest BCUT2D eigenvalue weighted by Crippen LogP contribution is -2.49. The number of rotatable bonds is 5. The lowest BCUT2D eigenvalue weighted by molar-refractivity contribution is -0.139. The van der Waals surface area contributed by atoms with Gasteiger partial charge in [0.1, 0.15) is 0 Å². The van der Waals surface area contributed by atoms with E-state index in [1.807, 2.05) is 0 Å². The van der Waals surface area contributed by atoms with Gasteiger partial charge >= 0.3 is 6.18 Å². The number of nitrogens with zero attached hydrogens (tertiary/aromatic N) is 1. The molecule has 1 atom stereocenters. The molecular formula is C14H19F3N2O4S2. The summed E-state index contributed by atoms with van der Waals surface area (Å²) in [5.41, 5.74) is -1.23. The van der Waals surface area contributed by atoms with Crippen LogP contribution >= 0.6 is 0 Å². The molecule has 0 aromatic heterocycles. The Bertz CT molecular complexity index is 823. The predicted octanol–water partition coefficient (Wildman–Crippen LogP) is 1.80. The van der Waals surface area contributed by atoms with Crippen LogP contribution in [0.5, 0.6) is 0 Å². The van der Waals surface area contributed by atoms with Gasteiger partial charge < -0.3 is 0 Å². The first kappa shape index (κ1) is 20.1. The van der Waals surface area contributed by atoms with Gasteiger partial charge in [0.25, 0.3) is 0 Å². The summed E-state index contributed by atoms with van der Waals surface area (Å²) in [6.07, 6.45) is -2.32. The van der Waals surface area contributed by atoms with Crippen molar-refractivity contribution in [2.24, 2.45) is 0 Å². The van der Waals surface area contributed by atoms with E-state index in [1.54, 1.807) is 0 Å². The Kier molecular flexibility index (Phi) is 5.81. The van der Waals surface area contributed by atoms with Gasteiger partial charge in [-0.05, 0) is 25.0 Å². The van der Waals surface area contributed by atoms with Crippen LogP contribution in [-0.4, -0.2) is 46.5 Å². The van der Waals surface area contributed by atoms with Crippen LogP contribution in [0.3, 0.4) is 0 Å². The molecule has 1 heterocycles. The zero-order valence-corrected chi connectivity index (χ0v) is 15.1. The minimum atomic E-state index is -4.81. The molecular weight excluding hydrogens is 381 g/mol. The molecule has 0 amide bonds. The smallest absolute Gasteiger partial charge is 0.214 e. The summed E-state index contributed by atoms with van der Waals surface area (Å²) in [5, 5.41) is 0. The van der Waals surface area contributed by atoms with Crippen molar-refractivity contribution in [2.75, 3.05) is 19.3 Å². The number of sulfonamides is 2. The Labute approximate surface area is 145 Å². The number of halogens is 3. The fourth-order valence-electron chi connectivity index (χ4n) is 2.79. The van der Waals surface area contributed by atoms with Gasteiger partial charge in [0.15, 0.2) is 0 Å². The third-order valence-electron chi connectivity index (χ3n) is 3.93. The molecule has 0 saturated carbocycles. The van der Waals surface area contributed by atoms with Gasteiger partial charge in [0.05, 0.1) is 16.7 Å². The molecule has 142 valence electrons. The number of alkyl halides is 3. The molecule has 0 aliphatic carbocycles. The van der Waals surface area contributed by atoms with Crippen molar-refractivity contribution >= 4 is 20.0 Å². The van der Waals surface area contributed by atoms with Gasteiger partial charge in [0, 0.05) is 19.1 Å². The van der Waals surface area contributed by atoms with Crippen molar-refractivity contribution in [3.63, 3.8) is 0 Å². The van der Waals surface area contributed by atoms with Gasteiger partial charge in [-0.1, -0.05) is 18.6 Å². The molecule has 1 fully saturated rings. The van der Waals surface area contributed by atoms with E-state index in [2.05, 4.69) is 4.72 Å². The fourth-order valence-corrected chi connectivity index (χ4v) is 5.20. The van der Waals surface area contributed by atoms with E-state index in [1.165, 1.54) is 6.07 Å². The summed E-state index contributed by atoms with van der Waals surface area (Å²) >= 11 is 0. The highest BCUT2D eigenvalue weighted by molar-refractivity contribution is 7.89. The largest absolute Gasteiger partial charge is 0.417 e. The molecule has 1 aliphatic rings. The van der Waals surface area contributed by atoms with Gasteiger partial charge in [-0.15, -0.1) is 0 Å². The number of benzene rings is 1. The SMILES string of the molecule is CS(=O)(=O)NCC1CCCCN1S(=O)(=O)c1ccccc1C(F)(F)F. The third-order valence-corrected chi connectivity index (χ3v) is 6.63. The number of piperidine rings is 1. The normalized spacial score (nSPS) is 20.6. The maximum absolute atomic E-state index is 13.2. The molecule has 1 aromatic carbocycles. The van der Waals surface area contributed by atoms with Crippen molar-refractivity contribution in [3.8, 4) is 0 Å². The third kappa shape index (κ3) is 4.93. The van der Waals surface area contributed by atoms with Crippen LogP contribution in [-0.2, 0) is 26.2 Å². The van der Waals surface area contributed by atoms with Gasteiger partial charge in [-0.3, -0.25) is 0 Å². The van der Waals surface area contributed by atoms with E-state index in [0.717, 1.165) is 28.8 Å². The van der Waals surface area contributed by atoms with Crippen LogP contribution < -0.4 is 4.72 Å². The van der Waals surface area contributed by atoms with E-state index < -0.39 is 42.7 Å². The molecule has 0 bridgehead atoms. The number of nitrogens with one attached hydrogen (secondary N) is 1. The standard InChI is InChI=1S/C14H19F3N2O4S2/c1-24(20,21)18-10-11-6-4-5-9-19(11)25(22,23)13-8-3-2-7-12(13)14(15,16)17/h2-3,7-8,11,18H,4-6,9-10H2,1H3. The molecule has 25 heavy (non-hydrogen) atoms. The molecule has 2 rings (SSSR count). The van der Waals surface area contributed by atoms with Crippen LogP contribution in [0.25, 0.3) is 0 Å². The summed E-state index contributed by atoms with van der Waals surface area (Å²) in [6, 6.07) is 3.28. The first-order valence-corrected chi connectivity index (χ1v) is 10.9. The molecule has 0 spiro atoms. The predicted molar refractivity (Wildman–Crippen MR) is 85.8 cm³/mol. The molecule has 1 aliphatic heterocycles. The molecule has 1 saturated heterocycles. The fraction of sp³-hybridized carbons (Fsp3) is 0.571. The van der Waals surface area contributed by atoms with Crippen LogP contribution in [0, 0.1) is 0 Å². The lowest BCUT2D eigenvalue weighted by atomic mass is 10.1. The summed E-state index contributed by atoms with van der Waals surface area (Å²) < 4.78 is 90.9. The van der Waals surface area contributed by atoms with Crippen molar-refractivity contribution in [1.82, 2.24) is 9.03 Å². The summed E-state index contributed by atoms with van der Waals surface area (Å²) in [4.78, 5) is -0.811. The molecule has 6 nitrogen and oxygen atoms in total. The van der Waals surface area contributed by atoms with Crippen LogP contribution in [0.2, 0.25) is 0 Å². The van der Waals surface area contributed by atoms with Crippen molar-refractivity contribution in [1.29, 1.82) is 0 Å². The maximum Gasteiger partial charge on any atom is 0.417 e. The number of hydrogen-bond acceptors (Lipinski definition) is 4. The monoisotopic (exact) mass is 400 g/mol. The quantitative estimate of drug-likeness (QED) is 0.817. The molecule has 11 heteroatoms. The Morgan fingerprint density at radius 1 is 1.16 bits per heavy atom. The van der Waals surface area contributed by atoms with Gasteiger partial charge in [-0.2, -0.15) is 17.5 Å². The average Bonchev–Trinajstić information content (AvgIpc) is 2.52. The Hall–Kier alpha value is -1.17. The molecule has 1 aromatic rings. The maximum atomic E-state index is 13.2. The first-order chi connectivity index (χ1) is 11.4. The summed E-state index contributed by atoms with van der Waals surface area (Å²) in [5.74, 6) is 0. The Morgan fingerprint density at radius 3 is 2.40 bits per heavy atom. The second-order valence-corrected chi connectivity index (χ2v) is 9.57. The van der Waals surface area contributed by atoms with Crippen molar-refractivity contribution < 1.29 is 30.0 Å². The van der Waals surface area contributed by atoms with E-state index in [4.69, 9.17) is 0 Å². The second-order valence-electron chi connectivity index (χ2n) is 5.88. The van der Waals surface area contributed by atoms with Crippen molar-refractivity contribution in [2.45, 2.75) is 36.4 Å². The highest BCUT2D eigenvalue weighted by Gasteiger charge is 2.41. The van der Waals surface area contributed by atoms with Crippen LogP contribution in [0.1, 0.15) is 24.8 Å². The average molecular weight is 400 g/mol. The summed E-state index contributed by atoms with van der Waals surface area (Å²) in [7, 11) is -7.95. The van der Waals surface area contributed by atoms with E-state index in [9.17, 15) is 30.0 Å². The molecule has 1 unspecified atom stereocenters. The number of hydrogen-bond donors (Lipinski definition) is 1. The molecule has 1 N–H and O–H groups in total. The lowest BCUT2D eigenvalue weighted by Gasteiger charge is -2.35. The van der Waals surface area contributed by atoms with Gasteiger partial charge in [0.2, 0.25) is 20.0 Å². The zero-order chi connectivity index (χ0) is 18.9. The van der Waals surface area contributed by atoms with E-state index in [0.29, 0.717) is 19.3 Å². The second kappa shape index (κ2) is 7.22. The highest BCUT2D eigenvalue weighted by atomic mass is 32.2. The first-order valence-electron chi connectivity index (χ1n) is 7.55. The minimum absolute atomic E-state index is 0.0463. The van der Waals surface area contributed by atoms with Gasteiger partial charge in [-0.25, -0.2) is 21.6 Å². The van der Waals surface area contributed by atoms with Crippen molar-refractivity contribution in [3.05, 3.63) is 29.8 Å². The topological polar surface area (TPSA) is 83.6 Å². The van der Waals surface area contributed by atoms with Crippen LogP contribution in [0.4, 0.5) is 13.2 Å². The minimum Gasteiger partial charge on any atom is -0.214 e. The summed E-state index contributed by atoms with van der Waals surface area (Å²) in [6.45, 7) is -0.128.